The molecule has 1 atom stereocenters. The zero-order valence-electron chi connectivity index (χ0n) is 21.5. The molecule has 8 heteroatoms. The van der Waals surface area contributed by atoms with E-state index in [0.29, 0.717) is 52.7 Å². The van der Waals surface area contributed by atoms with Gasteiger partial charge in [0.15, 0.2) is 5.78 Å². The van der Waals surface area contributed by atoms with Crippen LogP contribution in [0.1, 0.15) is 47.4 Å². The fraction of sp³-hybridized carbons (Fsp3) is 0.226. The summed E-state index contributed by atoms with van der Waals surface area (Å²) in [5.41, 5.74) is 12.8. The summed E-state index contributed by atoms with van der Waals surface area (Å²) in [5.74, 6) is 0.415. The van der Waals surface area contributed by atoms with Gasteiger partial charge >= 0.3 is 0 Å². The molecular formula is C31H26BrCl2N3O2. The molecule has 0 aromatic heterocycles. The molecule has 2 aliphatic rings. The molecule has 198 valence electrons. The minimum Gasteiger partial charge on any atom is -0.488 e. The molecule has 1 unspecified atom stereocenters. The summed E-state index contributed by atoms with van der Waals surface area (Å²) in [6.45, 7) is 4.34. The maximum Gasteiger partial charge on any atom is 0.161 e. The van der Waals surface area contributed by atoms with Gasteiger partial charge in [0.25, 0.3) is 0 Å². The van der Waals surface area contributed by atoms with Crippen LogP contribution in [0, 0.1) is 25.2 Å². The predicted octanol–water partition coefficient (Wildman–Crippen LogP) is 8.26. The summed E-state index contributed by atoms with van der Waals surface area (Å²) < 4.78 is 7.01. The second kappa shape index (κ2) is 11.1. The molecule has 1 aliphatic carbocycles. The number of nitrogens with two attached hydrogens (primary N) is 1. The van der Waals surface area contributed by atoms with Gasteiger partial charge in [-0.2, -0.15) is 5.26 Å². The molecule has 0 amide bonds. The van der Waals surface area contributed by atoms with Crippen LogP contribution in [-0.2, 0) is 11.4 Å². The van der Waals surface area contributed by atoms with E-state index in [1.165, 1.54) is 0 Å². The van der Waals surface area contributed by atoms with Crippen molar-refractivity contribution >= 4 is 50.6 Å². The van der Waals surface area contributed by atoms with Crippen molar-refractivity contribution in [3.63, 3.8) is 0 Å². The van der Waals surface area contributed by atoms with Gasteiger partial charge in [-0.15, -0.1) is 0 Å². The Kier molecular flexibility index (Phi) is 7.77. The summed E-state index contributed by atoms with van der Waals surface area (Å²) in [4.78, 5) is 15.3. The number of benzene rings is 3. The van der Waals surface area contributed by atoms with Crippen LogP contribution < -0.4 is 15.4 Å². The zero-order valence-corrected chi connectivity index (χ0v) is 24.6. The van der Waals surface area contributed by atoms with E-state index in [0.717, 1.165) is 38.2 Å². The number of hydrogen-bond acceptors (Lipinski definition) is 5. The van der Waals surface area contributed by atoms with Gasteiger partial charge in [-0.05, 0) is 83.6 Å². The first-order valence-electron chi connectivity index (χ1n) is 12.6. The molecule has 0 radical (unpaired) electrons. The summed E-state index contributed by atoms with van der Waals surface area (Å²) >= 11 is 16.5. The topological polar surface area (TPSA) is 79.3 Å². The SMILES string of the molecule is Cc1cc(COc2ccccc2Br)c(C)c(C2C(C#N)=C(N)N(c3cccc(Cl)c3Cl)C3=C2C(=O)CCC3)c1. The molecule has 3 aromatic carbocycles. The number of nitriles is 1. The highest BCUT2D eigenvalue weighted by Gasteiger charge is 2.41. The first kappa shape index (κ1) is 27.3. The number of carbonyl (C=O) groups excluding carboxylic acids is 1. The van der Waals surface area contributed by atoms with Crippen LogP contribution in [0.4, 0.5) is 5.69 Å². The minimum absolute atomic E-state index is 0.0107. The lowest BCUT2D eigenvalue weighted by atomic mass is 9.73. The van der Waals surface area contributed by atoms with E-state index in [1.807, 2.05) is 44.2 Å². The Morgan fingerprint density at radius 3 is 2.64 bits per heavy atom. The van der Waals surface area contributed by atoms with Gasteiger partial charge < -0.3 is 10.5 Å². The molecule has 5 nitrogen and oxygen atoms in total. The lowest BCUT2D eigenvalue weighted by Gasteiger charge is -2.40. The fourth-order valence-electron chi connectivity index (χ4n) is 5.47. The Morgan fingerprint density at radius 2 is 1.90 bits per heavy atom. The molecule has 1 aliphatic heterocycles. The molecular weight excluding hydrogens is 597 g/mol. The number of ketones is 1. The lowest BCUT2D eigenvalue weighted by Crippen LogP contribution is -2.39. The van der Waals surface area contributed by atoms with Crippen LogP contribution in [0.3, 0.4) is 0 Å². The highest BCUT2D eigenvalue weighted by Crippen LogP contribution is 2.49. The van der Waals surface area contributed by atoms with Crippen molar-refractivity contribution in [3.8, 4) is 11.8 Å². The molecule has 5 rings (SSSR count). The average Bonchev–Trinajstić information content (AvgIpc) is 2.91. The molecule has 39 heavy (non-hydrogen) atoms. The van der Waals surface area contributed by atoms with Crippen LogP contribution in [-0.4, -0.2) is 5.78 Å². The van der Waals surface area contributed by atoms with E-state index < -0.39 is 5.92 Å². The molecule has 1 heterocycles. The quantitative estimate of drug-likeness (QED) is 0.310. The standard InChI is InChI=1S/C31H26BrCl2N3O2/c1-17-13-19(16-39-27-12-4-3-7-22(27)32)18(2)20(14-17)28-21(15-35)31(36)37(24-9-6-11-26(38)29(24)28)25-10-5-8-23(33)30(25)34/h3-5,7-8,10,12-14,28H,6,9,11,16,36H2,1-2H3. The Bertz CT molecular complexity index is 1610. The highest BCUT2D eigenvalue weighted by molar-refractivity contribution is 9.10. The minimum atomic E-state index is -0.589. The van der Waals surface area contributed by atoms with E-state index >= 15 is 0 Å². The maximum absolute atomic E-state index is 13.6. The third-order valence-corrected chi connectivity index (χ3v) is 8.78. The van der Waals surface area contributed by atoms with Gasteiger partial charge in [0, 0.05) is 17.7 Å². The van der Waals surface area contributed by atoms with Crippen LogP contribution >= 0.6 is 39.1 Å². The normalized spacial score (nSPS) is 17.3. The largest absolute Gasteiger partial charge is 0.488 e. The van der Waals surface area contributed by atoms with Crippen molar-refractivity contribution in [1.29, 1.82) is 5.26 Å². The maximum atomic E-state index is 13.6. The predicted molar refractivity (Wildman–Crippen MR) is 159 cm³/mol. The van der Waals surface area contributed by atoms with Crippen LogP contribution in [0.2, 0.25) is 10.0 Å². The van der Waals surface area contributed by atoms with Gasteiger partial charge in [0.2, 0.25) is 0 Å². The van der Waals surface area contributed by atoms with Crippen LogP contribution in [0.25, 0.3) is 0 Å². The first-order chi connectivity index (χ1) is 18.7. The summed E-state index contributed by atoms with van der Waals surface area (Å²) in [6, 6.07) is 19.4. The van der Waals surface area contributed by atoms with E-state index in [9.17, 15) is 10.1 Å². The van der Waals surface area contributed by atoms with E-state index in [4.69, 9.17) is 33.7 Å². The number of allylic oxidation sites excluding steroid dienone is 3. The molecule has 3 aromatic rings. The molecule has 0 fully saturated rings. The average molecular weight is 623 g/mol. The number of halogens is 3. The number of para-hydroxylation sites is 1. The fourth-order valence-corrected chi connectivity index (χ4v) is 6.25. The van der Waals surface area contributed by atoms with Gasteiger partial charge in [0.05, 0.1) is 37.8 Å². The van der Waals surface area contributed by atoms with E-state index in [2.05, 4.69) is 28.1 Å². The third kappa shape index (κ3) is 4.96. The zero-order chi connectivity index (χ0) is 27.8. The summed E-state index contributed by atoms with van der Waals surface area (Å²) in [5, 5.41) is 11.1. The van der Waals surface area contributed by atoms with E-state index in [1.54, 1.807) is 23.1 Å². The Morgan fingerprint density at radius 1 is 1.13 bits per heavy atom. The second-order valence-electron chi connectivity index (χ2n) is 9.75. The van der Waals surface area contributed by atoms with Crippen molar-refractivity contribution < 1.29 is 9.53 Å². The lowest BCUT2D eigenvalue weighted by molar-refractivity contribution is -0.116. The number of ether oxygens (including phenoxy) is 1. The van der Waals surface area contributed by atoms with Gasteiger partial charge in [-0.3, -0.25) is 9.69 Å². The number of aryl methyl sites for hydroxylation is 1. The van der Waals surface area contributed by atoms with Gasteiger partial charge in [-0.1, -0.05) is 59.1 Å². The smallest absolute Gasteiger partial charge is 0.161 e. The number of hydrogen-bond donors (Lipinski definition) is 1. The third-order valence-electron chi connectivity index (χ3n) is 7.32. The summed E-state index contributed by atoms with van der Waals surface area (Å²) in [6.07, 6.45) is 1.72. The molecule has 2 N–H and O–H groups in total. The van der Waals surface area contributed by atoms with E-state index in [-0.39, 0.29) is 11.6 Å². The molecule has 0 spiro atoms. The van der Waals surface area contributed by atoms with Crippen molar-refractivity contribution in [1.82, 2.24) is 0 Å². The van der Waals surface area contributed by atoms with Gasteiger partial charge in [-0.25, -0.2) is 0 Å². The van der Waals surface area contributed by atoms with Crippen LogP contribution in [0.15, 0.2) is 81.7 Å². The monoisotopic (exact) mass is 621 g/mol. The number of rotatable bonds is 5. The van der Waals surface area contributed by atoms with Crippen molar-refractivity contribution in [2.75, 3.05) is 4.90 Å². The number of nitrogens with zero attached hydrogens (tertiary/aromatic N) is 2. The summed E-state index contributed by atoms with van der Waals surface area (Å²) in [7, 11) is 0. The highest BCUT2D eigenvalue weighted by atomic mass is 79.9. The second-order valence-corrected chi connectivity index (χ2v) is 11.4. The molecule has 0 saturated heterocycles. The molecule has 0 bridgehead atoms. The Balaban J connectivity index is 1.66. The number of carbonyl (C=O) groups is 1. The Hall–Kier alpha value is -3.24. The van der Waals surface area contributed by atoms with Crippen molar-refractivity contribution in [2.45, 2.75) is 45.6 Å². The van der Waals surface area contributed by atoms with Crippen molar-refractivity contribution in [3.05, 3.63) is 114 Å². The van der Waals surface area contributed by atoms with Gasteiger partial charge in [0.1, 0.15) is 18.2 Å². The Labute approximate surface area is 246 Å². The molecule has 0 saturated carbocycles. The number of Topliss-reactive ketones (excluding diaryl/α,β-unsaturated/α-hetero) is 1. The first-order valence-corrected chi connectivity index (χ1v) is 14.1. The van der Waals surface area contributed by atoms with Crippen LogP contribution in [0.5, 0.6) is 5.75 Å². The van der Waals surface area contributed by atoms with Crippen molar-refractivity contribution in [2.24, 2.45) is 5.73 Å². The number of anilines is 1.